The molecule has 0 atom stereocenters. The zero-order chi connectivity index (χ0) is 13.1. The van der Waals surface area contributed by atoms with Crippen LogP contribution in [0.15, 0.2) is 40.2 Å². The summed E-state index contributed by atoms with van der Waals surface area (Å²) < 4.78 is 0. The Morgan fingerprint density at radius 2 is 1.95 bits per heavy atom. The first-order chi connectivity index (χ1) is 9.33. The third kappa shape index (κ3) is 2.88. The van der Waals surface area contributed by atoms with Gasteiger partial charge in [0.15, 0.2) is 5.17 Å². The minimum atomic E-state index is -0.123. The van der Waals surface area contributed by atoms with Crippen LogP contribution in [0.2, 0.25) is 0 Å². The maximum absolute atomic E-state index is 11.9. The highest BCUT2D eigenvalue weighted by molar-refractivity contribution is 8.18. The largest absolute Gasteiger partial charge is 0.348 e. The van der Waals surface area contributed by atoms with Gasteiger partial charge in [0, 0.05) is 26.2 Å². The average molecular weight is 273 g/mol. The Hall–Kier alpha value is -1.59. The topological polar surface area (TPSA) is 44.7 Å². The number of hydrogen-bond donors (Lipinski definition) is 1. The number of thioether (sulfide) groups is 1. The van der Waals surface area contributed by atoms with Crippen molar-refractivity contribution < 1.29 is 4.79 Å². The van der Waals surface area contributed by atoms with Crippen LogP contribution >= 0.6 is 11.8 Å². The molecular formula is C14H15N3OS. The van der Waals surface area contributed by atoms with E-state index in [4.69, 9.17) is 0 Å². The van der Waals surface area contributed by atoms with Crippen molar-refractivity contribution >= 4 is 28.9 Å². The van der Waals surface area contributed by atoms with E-state index in [2.05, 4.69) is 15.2 Å². The molecule has 0 unspecified atom stereocenters. The highest BCUT2D eigenvalue weighted by Crippen LogP contribution is 2.30. The number of benzene rings is 1. The molecule has 1 saturated heterocycles. The van der Waals surface area contributed by atoms with Gasteiger partial charge in [0.1, 0.15) is 0 Å². The molecule has 0 bridgehead atoms. The monoisotopic (exact) mass is 273 g/mol. The van der Waals surface area contributed by atoms with Crippen LogP contribution in [-0.2, 0) is 4.79 Å². The molecule has 2 aliphatic rings. The average Bonchev–Trinajstić information content (AvgIpc) is 2.82. The molecule has 0 aromatic heterocycles. The highest BCUT2D eigenvalue weighted by Gasteiger charge is 2.26. The van der Waals surface area contributed by atoms with Gasteiger partial charge in [0.2, 0.25) is 0 Å². The number of hydrogen-bond acceptors (Lipinski definition) is 4. The number of carbonyl (C=O) groups is 1. The number of aliphatic imine (C=N–C) groups is 1. The molecule has 1 aromatic carbocycles. The number of carbonyl (C=O) groups excluding carboxylic acids is 1. The van der Waals surface area contributed by atoms with Crippen LogP contribution in [0.3, 0.4) is 0 Å². The fourth-order valence-electron chi connectivity index (χ4n) is 2.09. The van der Waals surface area contributed by atoms with Gasteiger partial charge in [-0.3, -0.25) is 4.79 Å². The Kier molecular flexibility index (Phi) is 3.66. The normalized spacial score (nSPS) is 21.9. The quantitative estimate of drug-likeness (QED) is 0.789. The van der Waals surface area contributed by atoms with Crippen molar-refractivity contribution in [3.63, 3.8) is 0 Å². The van der Waals surface area contributed by atoms with Gasteiger partial charge >= 0.3 is 0 Å². The minimum absolute atomic E-state index is 0.123. The van der Waals surface area contributed by atoms with Gasteiger partial charge < -0.3 is 10.2 Å². The molecule has 19 heavy (non-hydrogen) atoms. The summed E-state index contributed by atoms with van der Waals surface area (Å²) in [6.45, 7) is 3.73. The van der Waals surface area contributed by atoms with Crippen molar-refractivity contribution in [3.05, 3.63) is 40.8 Å². The third-order valence-corrected chi connectivity index (χ3v) is 4.14. The van der Waals surface area contributed by atoms with Crippen molar-refractivity contribution in [2.45, 2.75) is 0 Å². The first-order valence-corrected chi connectivity index (χ1v) is 7.18. The smallest absolute Gasteiger partial charge is 0.286 e. The molecule has 0 radical (unpaired) electrons. The molecule has 1 aromatic rings. The molecule has 2 aliphatic heterocycles. The summed E-state index contributed by atoms with van der Waals surface area (Å²) in [4.78, 5) is 19.0. The molecule has 1 fully saturated rings. The number of nitrogens with one attached hydrogen (secondary N) is 1. The maximum Gasteiger partial charge on any atom is 0.286 e. The number of nitrogens with zero attached hydrogens (tertiary/aromatic N) is 2. The Bertz CT molecular complexity index is 533. The van der Waals surface area contributed by atoms with Gasteiger partial charge in [-0.15, -0.1) is 0 Å². The minimum Gasteiger partial charge on any atom is -0.348 e. The molecule has 0 saturated carbocycles. The summed E-state index contributed by atoms with van der Waals surface area (Å²) in [5.41, 5.74) is 1.04. The zero-order valence-electron chi connectivity index (χ0n) is 10.5. The Labute approximate surface area is 116 Å². The molecule has 98 valence electrons. The standard InChI is InChI=1S/C14H15N3OS/c18-13-12(10-11-4-2-1-3-5-11)19-14(16-13)17-8-6-15-7-9-17/h1-5,10,15H,6-9H2/b12-10-. The second kappa shape index (κ2) is 5.59. The first-order valence-electron chi connectivity index (χ1n) is 6.36. The van der Waals surface area contributed by atoms with Crippen molar-refractivity contribution in [1.29, 1.82) is 0 Å². The van der Waals surface area contributed by atoms with Crippen molar-refractivity contribution in [2.75, 3.05) is 26.2 Å². The maximum atomic E-state index is 11.9. The predicted octanol–water partition coefficient (Wildman–Crippen LogP) is 1.56. The summed E-state index contributed by atoms with van der Waals surface area (Å²) in [6.07, 6.45) is 1.91. The molecule has 3 rings (SSSR count). The van der Waals surface area contributed by atoms with Gasteiger partial charge in [0.25, 0.3) is 5.91 Å². The lowest BCUT2D eigenvalue weighted by Gasteiger charge is -2.27. The van der Waals surface area contributed by atoms with Crippen molar-refractivity contribution in [3.8, 4) is 0 Å². The summed E-state index contributed by atoms with van der Waals surface area (Å²) >= 11 is 1.48. The molecular weight excluding hydrogens is 258 g/mol. The zero-order valence-corrected chi connectivity index (χ0v) is 11.3. The van der Waals surface area contributed by atoms with Gasteiger partial charge in [0.05, 0.1) is 4.91 Å². The van der Waals surface area contributed by atoms with Gasteiger partial charge in [-0.25, -0.2) is 0 Å². The van der Waals surface area contributed by atoms with Crippen LogP contribution in [0.1, 0.15) is 5.56 Å². The van der Waals surface area contributed by atoms with Crippen LogP contribution in [0.5, 0.6) is 0 Å². The van der Waals surface area contributed by atoms with E-state index in [9.17, 15) is 4.79 Å². The van der Waals surface area contributed by atoms with E-state index in [0.29, 0.717) is 4.91 Å². The summed E-state index contributed by atoms with van der Waals surface area (Å²) in [5.74, 6) is -0.123. The SMILES string of the molecule is O=C1N=C(N2CCNCC2)S/C1=C\c1ccccc1. The van der Waals surface area contributed by atoms with Crippen LogP contribution < -0.4 is 5.32 Å². The predicted molar refractivity (Wildman–Crippen MR) is 78.9 cm³/mol. The van der Waals surface area contributed by atoms with E-state index in [1.165, 1.54) is 11.8 Å². The van der Waals surface area contributed by atoms with Gasteiger partial charge in [-0.2, -0.15) is 4.99 Å². The highest BCUT2D eigenvalue weighted by atomic mass is 32.2. The molecule has 1 N–H and O–H groups in total. The number of rotatable bonds is 1. The second-order valence-electron chi connectivity index (χ2n) is 4.46. The van der Waals surface area contributed by atoms with Gasteiger partial charge in [-0.1, -0.05) is 30.3 Å². The van der Waals surface area contributed by atoms with Crippen LogP contribution in [-0.4, -0.2) is 42.2 Å². The molecule has 0 spiro atoms. The van der Waals surface area contributed by atoms with E-state index >= 15 is 0 Å². The number of piperazine rings is 1. The molecule has 4 nitrogen and oxygen atoms in total. The lowest BCUT2D eigenvalue weighted by atomic mass is 10.2. The van der Waals surface area contributed by atoms with E-state index < -0.39 is 0 Å². The summed E-state index contributed by atoms with van der Waals surface area (Å²) in [7, 11) is 0. The van der Waals surface area contributed by atoms with E-state index in [1.54, 1.807) is 0 Å². The fraction of sp³-hybridized carbons (Fsp3) is 0.286. The van der Waals surface area contributed by atoms with Crippen molar-refractivity contribution in [1.82, 2.24) is 10.2 Å². The Morgan fingerprint density at radius 1 is 1.21 bits per heavy atom. The lowest BCUT2D eigenvalue weighted by Crippen LogP contribution is -2.45. The van der Waals surface area contributed by atoms with Crippen LogP contribution in [0, 0.1) is 0 Å². The Morgan fingerprint density at radius 3 is 2.68 bits per heavy atom. The lowest BCUT2D eigenvalue weighted by molar-refractivity contribution is -0.113. The van der Waals surface area contributed by atoms with E-state index in [0.717, 1.165) is 36.9 Å². The second-order valence-corrected chi connectivity index (χ2v) is 5.47. The summed E-state index contributed by atoms with van der Waals surface area (Å²) in [6, 6.07) is 9.88. The Balaban J connectivity index is 1.74. The number of amides is 1. The van der Waals surface area contributed by atoms with Gasteiger partial charge in [-0.05, 0) is 23.4 Å². The van der Waals surface area contributed by atoms with Crippen molar-refractivity contribution in [2.24, 2.45) is 4.99 Å². The first kappa shape index (κ1) is 12.4. The molecule has 5 heteroatoms. The van der Waals surface area contributed by atoms with Crippen LogP contribution in [0.4, 0.5) is 0 Å². The molecule has 0 aliphatic carbocycles. The van der Waals surface area contributed by atoms with Crippen LogP contribution in [0.25, 0.3) is 6.08 Å². The third-order valence-electron chi connectivity index (χ3n) is 3.09. The molecule has 2 heterocycles. The summed E-state index contributed by atoms with van der Waals surface area (Å²) in [5, 5.41) is 4.14. The molecule has 1 amide bonds. The fourth-order valence-corrected chi connectivity index (χ4v) is 3.05. The van der Waals surface area contributed by atoms with E-state index in [1.807, 2.05) is 36.4 Å². The number of amidine groups is 1. The van der Waals surface area contributed by atoms with E-state index in [-0.39, 0.29) is 5.91 Å².